The number of carbonyl (C=O) groups excluding carboxylic acids is 1. The Labute approximate surface area is 201 Å². The summed E-state index contributed by atoms with van der Waals surface area (Å²) in [6.07, 6.45) is 4.58. The van der Waals surface area contributed by atoms with Crippen LogP contribution in [0.25, 0.3) is 17.5 Å². The minimum atomic E-state index is -0.0512. The lowest BCUT2D eigenvalue weighted by Gasteiger charge is -2.24. The van der Waals surface area contributed by atoms with E-state index in [9.17, 15) is 4.79 Å². The Morgan fingerprint density at radius 3 is 2.74 bits per heavy atom. The van der Waals surface area contributed by atoms with Crippen LogP contribution >= 0.6 is 11.3 Å². The molecule has 2 aromatic heterocycles. The molecule has 8 heteroatoms. The van der Waals surface area contributed by atoms with Crippen molar-refractivity contribution < 1.29 is 18.8 Å². The number of anilines is 1. The maximum atomic E-state index is 13.3. The summed E-state index contributed by atoms with van der Waals surface area (Å²) in [5, 5.41) is 7.95. The first-order valence-corrected chi connectivity index (χ1v) is 12.0. The molecule has 3 heterocycles. The van der Waals surface area contributed by atoms with Crippen molar-refractivity contribution in [2.45, 2.75) is 12.8 Å². The number of amides is 1. The van der Waals surface area contributed by atoms with Crippen LogP contribution in [0, 0.1) is 0 Å². The van der Waals surface area contributed by atoms with Crippen LogP contribution in [0.1, 0.15) is 17.9 Å². The number of hydrogen-bond acceptors (Lipinski definition) is 7. The number of aromatic nitrogens is 2. The summed E-state index contributed by atoms with van der Waals surface area (Å²) >= 11 is 1.57. The molecule has 0 unspecified atom stereocenters. The summed E-state index contributed by atoms with van der Waals surface area (Å²) in [4.78, 5) is 19.4. The van der Waals surface area contributed by atoms with Crippen molar-refractivity contribution in [1.82, 2.24) is 10.1 Å². The van der Waals surface area contributed by atoms with Gasteiger partial charge in [0.15, 0.2) is 11.5 Å². The Bertz CT molecular complexity index is 1270. The number of benzene rings is 2. The zero-order chi connectivity index (χ0) is 23.2. The molecule has 0 N–H and O–H groups in total. The van der Waals surface area contributed by atoms with Gasteiger partial charge in [0.1, 0.15) is 13.2 Å². The zero-order valence-corrected chi connectivity index (χ0v) is 19.2. The number of thiophene rings is 1. The predicted octanol–water partition coefficient (Wildman–Crippen LogP) is 5.25. The van der Waals surface area contributed by atoms with E-state index in [4.69, 9.17) is 14.0 Å². The largest absolute Gasteiger partial charge is 0.486 e. The van der Waals surface area contributed by atoms with E-state index in [1.807, 2.05) is 77.5 Å². The number of fused-ring (bicyclic) bond motifs is 1. The molecule has 1 aliphatic rings. The molecule has 1 amide bonds. The maximum absolute atomic E-state index is 13.3. The second-order valence-electron chi connectivity index (χ2n) is 7.67. The summed E-state index contributed by atoms with van der Waals surface area (Å²) in [6.45, 7) is 1.42. The first-order chi connectivity index (χ1) is 16.8. The molecule has 0 fully saturated rings. The Kier molecular flexibility index (Phi) is 6.67. The summed E-state index contributed by atoms with van der Waals surface area (Å²) in [5.74, 6) is 2.26. The van der Waals surface area contributed by atoms with Gasteiger partial charge in [-0.3, -0.25) is 4.79 Å². The molecule has 2 aromatic carbocycles. The summed E-state index contributed by atoms with van der Waals surface area (Å²) in [6, 6.07) is 17.5. The standard InChI is InChI=1S/C26H23N3O4S/c30-25(11-10-24-27-26(28-33-24)20-12-16-34-18-20)29(13-4-7-19-5-2-1-3-6-19)21-8-9-22-23(17-21)32-15-14-31-22/h1-9,12,16-18H,10-11,13-15H2/b7-4+. The fraction of sp³-hybridized carbons (Fsp3) is 0.192. The van der Waals surface area contributed by atoms with Gasteiger partial charge in [-0.2, -0.15) is 16.3 Å². The van der Waals surface area contributed by atoms with Gasteiger partial charge in [0, 0.05) is 42.1 Å². The molecule has 0 aliphatic carbocycles. The monoisotopic (exact) mass is 473 g/mol. The van der Waals surface area contributed by atoms with Gasteiger partial charge >= 0.3 is 0 Å². The topological polar surface area (TPSA) is 77.7 Å². The van der Waals surface area contributed by atoms with Crippen molar-refractivity contribution >= 4 is 29.0 Å². The average molecular weight is 474 g/mol. The molecule has 1 aliphatic heterocycles. The van der Waals surface area contributed by atoms with Gasteiger partial charge in [0.2, 0.25) is 17.6 Å². The van der Waals surface area contributed by atoms with Crippen LogP contribution < -0.4 is 14.4 Å². The van der Waals surface area contributed by atoms with Crippen LogP contribution in [0.5, 0.6) is 11.5 Å². The molecule has 0 saturated carbocycles. The number of nitrogens with zero attached hydrogens (tertiary/aromatic N) is 3. The van der Waals surface area contributed by atoms with Gasteiger partial charge in [-0.25, -0.2) is 0 Å². The third-order valence-electron chi connectivity index (χ3n) is 5.34. The van der Waals surface area contributed by atoms with Crippen molar-refractivity contribution in [2.75, 3.05) is 24.7 Å². The van der Waals surface area contributed by atoms with Crippen molar-refractivity contribution in [2.24, 2.45) is 0 Å². The maximum Gasteiger partial charge on any atom is 0.227 e. The van der Waals surface area contributed by atoms with Gasteiger partial charge in [-0.05, 0) is 29.1 Å². The Morgan fingerprint density at radius 2 is 1.91 bits per heavy atom. The normalized spacial score (nSPS) is 12.7. The number of aryl methyl sites for hydroxylation is 1. The highest BCUT2D eigenvalue weighted by molar-refractivity contribution is 7.08. The summed E-state index contributed by atoms with van der Waals surface area (Å²) in [7, 11) is 0. The van der Waals surface area contributed by atoms with E-state index < -0.39 is 0 Å². The van der Waals surface area contributed by atoms with E-state index in [0.717, 1.165) is 16.8 Å². The van der Waals surface area contributed by atoms with E-state index in [1.54, 1.807) is 16.2 Å². The lowest BCUT2D eigenvalue weighted by atomic mass is 10.2. The quantitative estimate of drug-likeness (QED) is 0.348. The molecular weight excluding hydrogens is 450 g/mol. The Balaban J connectivity index is 1.31. The number of rotatable bonds is 8. The molecule has 172 valence electrons. The fourth-order valence-electron chi connectivity index (χ4n) is 3.62. The molecule has 34 heavy (non-hydrogen) atoms. The van der Waals surface area contributed by atoms with Gasteiger partial charge in [-0.1, -0.05) is 47.6 Å². The lowest BCUT2D eigenvalue weighted by molar-refractivity contribution is -0.118. The van der Waals surface area contributed by atoms with Gasteiger partial charge in [0.25, 0.3) is 0 Å². The van der Waals surface area contributed by atoms with E-state index in [0.29, 0.717) is 49.4 Å². The van der Waals surface area contributed by atoms with Crippen LogP contribution in [0.3, 0.4) is 0 Å². The molecule has 7 nitrogen and oxygen atoms in total. The lowest BCUT2D eigenvalue weighted by Crippen LogP contribution is -2.31. The molecule has 0 radical (unpaired) electrons. The van der Waals surface area contributed by atoms with Crippen LogP contribution in [0.2, 0.25) is 0 Å². The second kappa shape index (κ2) is 10.4. The molecule has 4 aromatic rings. The molecule has 5 rings (SSSR count). The SMILES string of the molecule is O=C(CCc1nc(-c2ccsc2)no1)N(C/C=C/c1ccccc1)c1ccc2c(c1)OCCO2. The predicted molar refractivity (Wildman–Crippen MR) is 131 cm³/mol. The molecule has 0 atom stereocenters. The molecular formula is C26H23N3O4S. The van der Waals surface area contributed by atoms with E-state index in [1.165, 1.54) is 0 Å². The first kappa shape index (κ1) is 21.9. The van der Waals surface area contributed by atoms with Crippen LogP contribution in [0.15, 0.2) is 76.0 Å². The highest BCUT2D eigenvalue weighted by atomic mass is 32.1. The third kappa shape index (κ3) is 5.18. The van der Waals surface area contributed by atoms with Crippen LogP contribution in [-0.4, -0.2) is 35.8 Å². The van der Waals surface area contributed by atoms with E-state index in [-0.39, 0.29) is 12.3 Å². The number of hydrogen-bond donors (Lipinski definition) is 0. The van der Waals surface area contributed by atoms with Crippen molar-refractivity contribution in [3.8, 4) is 22.9 Å². The molecule has 0 bridgehead atoms. The Hall–Kier alpha value is -3.91. The van der Waals surface area contributed by atoms with Crippen molar-refractivity contribution in [1.29, 1.82) is 0 Å². The van der Waals surface area contributed by atoms with E-state index in [2.05, 4.69) is 10.1 Å². The fourth-order valence-corrected chi connectivity index (χ4v) is 4.26. The van der Waals surface area contributed by atoms with Gasteiger partial charge < -0.3 is 18.9 Å². The minimum Gasteiger partial charge on any atom is -0.486 e. The highest BCUT2D eigenvalue weighted by Gasteiger charge is 2.20. The van der Waals surface area contributed by atoms with Crippen LogP contribution in [-0.2, 0) is 11.2 Å². The number of carbonyl (C=O) groups is 1. The van der Waals surface area contributed by atoms with Crippen LogP contribution in [0.4, 0.5) is 5.69 Å². The summed E-state index contributed by atoms with van der Waals surface area (Å²) < 4.78 is 16.7. The first-order valence-electron chi connectivity index (χ1n) is 11.0. The van der Waals surface area contributed by atoms with E-state index >= 15 is 0 Å². The Morgan fingerprint density at radius 1 is 1.06 bits per heavy atom. The van der Waals surface area contributed by atoms with Gasteiger partial charge in [-0.15, -0.1) is 0 Å². The third-order valence-corrected chi connectivity index (χ3v) is 6.02. The average Bonchev–Trinajstić information content (AvgIpc) is 3.58. The van der Waals surface area contributed by atoms with Gasteiger partial charge in [0.05, 0.1) is 0 Å². The smallest absolute Gasteiger partial charge is 0.227 e. The minimum absolute atomic E-state index is 0.0512. The highest BCUT2D eigenvalue weighted by Crippen LogP contribution is 2.34. The van der Waals surface area contributed by atoms with Crippen molar-refractivity contribution in [3.63, 3.8) is 0 Å². The van der Waals surface area contributed by atoms with Crippen molar-refractivity contribution in [3.05, 3.63) is 82.9 Å². The molecule has 0 spiro atoms. The number of ether oxygens (including phenoxy) is 2. The molecule has 0 saturated heterocycles. The second-order valence-corrected chi connectivity index (χ2v) is 8.45. The summed E-state index contributed by atoms with van der Waals surface area (Å²) in [5.41, 5.74) is 2.73. The zero-order valence-electron chi connectivity index (χ0n) is 18.4.